The van der Waals surface area contributed by atoms with E-state index in [0.717, 1.165) is 57.7 Å². The lowest BCUT2D eigenvalue weighted by Gasteiger charge is -2.20. The Balaban J connectivity index is 1.64. The van der Waals surface area contributed by atoms with Crippen LogP contribution in [0.15, 0.2) is 90.2 Å². The molecule has 0 spiro atoms. The van der Waals surface area contributed by atoms with Crippen LogP contribution in [-0.4, -0.2) is 20.6 Å². The quantitative estimate of drug-likeness (QED) is 0.385. The number of pyridine rings is 1. The molecule has 0 radical (unpaired) electrons. The van der Waals surface area contributed by atoms with E-state index < -0.39 is 0 Å². The van der Waals surface area contributed by atoms with Crippen molar-refractivity contribution >= 4 is 22.4 Å². The van der Waals surface area contributed by atoms with Crippen LogP contribution in [0.4, 0.5) is 11.4 Å². The van der Waals surface area contributed by atoms with Crippen LogP contribution in [0, 0.1) is 6.92 Å². The molecule has 2 aromatic carbocycles. The molecule has 0 amide bonds. The van der Waals surface area contributed by atoms with E-state index in [2.05, 4.69) is 76.4 Å². The van der Waals surface area contributed by atoms with E-state index in [9.17, 15) is 0 Å². The van der Waals surface area contributed by atoms with Gasteiger partial charge in [0, 0.05) is 11.9 Å². The monoisotopic (exact) mass is 417 g/mol. The van der Waals surface area contributed by atoms with E-state index >= 15 is 0 Å². The van der Waals surface area contributed by atoms with Crippen LogP contribution in [0.25, 0.3) is 28.1 Å². The predicted octanol–water partition coefficient (Wildman–Crippen LogP) is 5.64. The van der Waals surface area contributed by atoms with Crippen molar-refractivity contribution in [1.82, 2.24) is 14.5 Å². The standard InChI is InChI=1S/C27H23N5/c1-18-8-12-21(13-9-18)32-26-7-3-2-6-22(26)31-25-15-23(30-20-5-4-14-28-17-20)24(16-27(25)32)29-19-10-11-19/h2-9,12-17,19,30H,10-11H2,1H3/b29-24+. The average molecular weight is 418 g/mol. The summed E-state index contributed by atoms with van der Waals surface area (Å²) in [6.07, 6.45) is 5.90. The Kier molecular flexibility index (Phi) is 4.46. The van der Waals surface area contributed by atoms with Gasteiger partial charge >= 0.3 is 0 Å². The summed E-state index contributed by atoms with van der Waals surface area (Å²) in [7, 11) is 0. The Morgan fingerprint density at radius 3 is 2.59 bits per heavy atom. The molecule has 6 rings (SSSR count). The molecule has 1 aromatic heterocycles. The summed E-state index contributed by atoms with van der Waals surface area (Å²) < 4.78 is 2.29. The van der Waals surface area contributed by atoms with Crippen molar-refractivity contribution in [3.8, 4) is 17.1 Å². The summed E-state index contributed by atoms with van der Waals surface area (Å²) >= 11 is 0. The molecule has 3 aliphatic rings. The predicted molar refractivity (Wildman–Crippen MR) is 129 cm³/mol. The molecule has 3 aromatic rings. The molecule has 0 saturated heterocycles. The number of aryl methyl sites for hydroxylation is 1. The highest BCUT2D eigenvalue weighted by Crippen LogP contribution is 2.31. The Morgan fingerprint density at radius 2 is 1.81 bits per heavy atom. The van der Waals surface area contributed by atoms with Crippen molar-refractivity contribution in [3.05, 3.63) is 96.1 Å². The summed E-state index contributed by atoms with van der Waals surface area (Å²) in [5.74, 6) is 0. The minimum Gasteiger partial charge on any atom is -0.352 e. The first-order chi connectivity index (χ1) is 15.7. The molecule has 0 unspecified atom stereocenters. The topological polar surface area (TPSA) is 55.1 Å². The van der Waals surface area contributed by atoms with Gasteiger partial charge in [-0.2, -0.15) is 0 Å². The fourth-order valence-electron chi connectivity index (χ4n) is 4.01. The van der Waals surface area contributed by atoms with Gasteiger partial charge in [0.25, 0.3) is 0 Å². The molecule has 5 nitrogen and oxygen atoms in total. The number of nitrogens with one attached hydrogen (secondary N) is 1. The van der Waals surface area contributed by atoms with Crippen LogP contribution in [0.3, 0.4) is 0 Å². The van der Waals surface area contributed by atoms with Crippen molar-refractivity contribution in [3.63, 3.8) is 0 Å². The molecule has 2 aliphatic carbocycles. The molecule has 1 N–H and O–H groups in total. The first-order valence-corrected chi connectivity index (χ1v) is 11.0. The third kappa shape index (κ3) is 3.52. The van der Waals surface area contributed by atoms with Crippen molar-refractivity contribution < 1.29 is 0 Å². The maximum Gasteiger partial charge on any atom is 0.0900 e. The van der Waals surface area contributed by atoms with Gasteiger partial charge in [-0.3, -0.25) is 9.98 Å². The van der Waals surface area contributed by atoms with E-state index in [0.29, 0.717) is 6.04 Å². The number of para-hydroxylation sites is 2. The summed E-state index contributed by atoms with van der Waals surface area (Å²) in [4.78, 5) is 14.3. The zero-order valence-electron chi connectivity index (χ0n) is 17.9. The van der Waals surface area contributed by atoms with Crippen molar-refractivity contribution in [2.75, 3.05) is 5.32 Å². The van der Waals surface area contributed by atoms with Crippen LogP contribution >= 0.6 is 0 Å². The average Bonchev–Trinajstić information content (AvgIpc) is 3.64. The lowest BCUT2D eigenvalue weighted by Crippen LogP contribution is -2.15. The second kappa shape index (κ2) is 7.61. The number of nitrogens with zero attached hydrogens (tertiary/aromatic N) is 4. The molecule has 2 heterocycles. The molecule has 1 fully saturated rings. The summed E-state index contributed by atoms with van der Waals surface area (Å²) in [6.45, 7) is 2.11. The Hall–Kier alpha value is -3.99. The zero-order chi connectivity index (χ0) is 21.5. The second-order valence-corrected chi connectivity index (χ2v) is 8.36. The fraction of sp³-hybridized carbons (Fsp3) is 0.148. The van der Waals surface area contributed by atoms with Gasteiger partial charge in [0.1, 0.15) is 0 Å². The molecular formula is C27H23N5. The molecule has 0 bridgehead atoms. The van der Waals surface area contributed by atoms with Gasteiger partial charge in [0.05, 0.1) is 51.4 Å². The van der Waals surface area contributed by atoms with Crippen molar-refractivity contribution in [1.29, 1.82) is 0 Å². The Bertz CT molecular complexity index is 1450. The summed E-state index contributed by atoms with van der Waals surface area (Å²) in [6, 6.07) is 25.6. The van der Waals surface area contributed by atoms with E-state index in [-0.39, 0.29) is 0 Å². The zero-order valence-corrected chi connectivity index (χ0v) is 17.9. The maximum absolute atomic E-state index is 5.02. The number of hydrogen-bond donors (Lipinski definition) is 1. The van der Waals surface area contributed by atoms with Gasteiger partial charge in [0.15, 0.2) is 0 Å². The number of rotatable bonds is 4. The Morgan fingerprint density at radius 1 is 0.969 bits per heavy atom. The largest absolute Gasteiger partial charge is 0.352 e. The number of hydrogen-bond acceptors (Lipinski definition) is 4. The van der Waals surface area contributed by atoms with Crippen LogP contribution in [0.2, 0.25) is 0 Å². The highest BCUT2D eigenvalue weighted by Gasteiger charge is 2.21. The molecule has 1 saturated carbocycles. The SMILES string of the molecule is Cc1ccc(-n2c3c/c(=N\C4CC4)c(Nc4cccnc4)cc-3nc3ccccc32)cc1. The van der Waals surface area contributed by atoms with Crippen molar-refractivity contribution in [2.24, 2.45) is 4.99 Å². The summed E-state index contributed by atoms with van der Waals surface area (Å²) in [5, 5.41) is 4.47. The van der Waals surface area contributed by atoms with Crippen LogP contribution in [-0.2, 0) is 0 Å². The third-order valence-corrected chi connectivity index (χ3v) is 5.80. The van der Waals surface area contributed by atoms with E-state index in [1.165, 1.54) is 5.56 Å². The number of benzene rings is 3. The van der Waals surface area contributed by atoms with Crippen LogP contribution in [0.5, 0.6) is 0 Å². The van der Waals surface area contributed by atoms with Gasteiger partial charge in [-0.15, -0.1) is 0 Å². The van der Waals surface area contributed by atoms with Gasteiger partial charge in [0.2, 0.25) is 0 Å². The highest BCUT2D eigenvalue weighted by molar-refractivity contribution is 5.84. The molecule has 0 atom stereocenters. The Labute approximate surface area is 186 Å². The number of aromatic nitrogens is 3. The minimum atomic E-state index is 0.406. The number of anilines is 2. The van der Waals surface area contributed by atoms with Gasteiger partial charge in [-0.05, 0) is 68.3 Å². The maximum atomic E-state index is 5.02. The lowest BCUT2D eigenvalue weighted by molar-refractivity contribution is 0.997. The van der Waals surface area contributed by atoms with Gasteiger partial charge in [-0.25, -0.2) is 4.98 Å². The molecule has 156 valence electrons. The fourth-order valence-corrected chi connectivity index (χ4v) is 4.01. The first-order valence-electron chi connectivity index (χ1n) is 11.0. The smallest absolute Gasteiger partial charge is 0.0900 e. The first kappa shape index (κ1) is 18.8. The molecule has 1 aliphatic heterocycles. The van der Waals surface area contributed by atoms with Crippen LogP contribution in [0.1, 0.15) is 18.4 Å². The summed E-state index contributed by atoms with van der Waals surface area (Å²) in [5.41, 5.74) is 8.25. The second-order valence-electron chi connectivity index (χ2n) is 8.36. The third-order valence-electron chi connectivity index (χ3n) is 5.80. The number of fused-ring (bicyclic) bond motifs is 2. The molecule has 5 heteroatoms. The molecule has 32 heavy (non-hydrogen) atoms. The molecular weight excluding hydrogens is 394 g/mol. The van der Waals surface area contributed by atoms with Gasteiger partial charge < -0.3 is 9.88 Å². The van der Waals surface area contributed by atoms with Crippen molar-refractivity contribution in [2.45, 2.75) is 25.8 Å². The van der Waals surface area contributed by atoms with Gasteiger partial charge in [-0.1, -0.05) is 29.8 Å². The van der Waals surface area contributed by atoms with E-state index in [1.807, 2.05) is 24.4 Å². The minimum absolute atomic E-state index is 0.406. The lowest BCUT2D eigenvalue weighted by atomic mass is 10.1. The highest BCUT2D eigenvalue weighted by atomic mass is 15.0. The van der Waals surface area contributed by atoms with E-state index in [1.54, 1.807) is 6.20 Å². The normalized spacial score (nSPS) is 14.2. The van der Waals surface area contributed by atoms with E-state index in [4.69, 9.17) is 9.98 Å². The van der Waals surface area contributed by atoms with Crippen LogP contribution < -0.4 is 10.7 Å².